The Morgan fingerprint density at radius 1 is 1.63 bits per heavy atom. The van der Waals surface area contributed by atoms with Gasteiger partial charge in [-0.05, 0) is 32.7 Å². The molecule has 1 fully saturated rings. The van der Waals surface area contributed by atoms with Crippen LogP contribution in [0.15, 0.2) is 10.6 Å². The van der Waals surface area contributed by atoms with Crippen LogP contribution in [0.4, 0.5) is 0 Å². The molecule has 5 nitrogen and oxygen atoms in total. The zero-order valence-corrected chi connectivity index (χ0v) is 11.8. The Morgan fingerprint density at radius 2 is 2.47 bits per heavy atom. The van der Waals surface area contributed by atoms with Crippen LogP contribution < -0.4 is 5.32 Å². The molecule has 1 aliphatic rings. The van der Waals surface area contributed by atoms with Crippen molar-refractivity contribution >= 4 is 5.91 Å². The average molecular weight is 265 g/mol. The molecule has 2 rings (SSSR count). The van der Waals surface area contributed by atoms with E-state index in [9.17, 15) is 4.79 Å². The number of nitrogens with zero attached hydrogens (tertiary/aromatic N) is 2. The first kappa shape index (κ1) is 14.1. The Balaban J connectivity index is 2.00. The predicted octanol–water partition coefficient (Wildman–Crippen LogP) is 1.98. The van der Waals surface area contributed by atoms with Crippen molar-refractivity contribution in [1.29, 1.82) is 0 Å². The van der Waals surface area contributed by atoms with Gasteiger partial charge in [0.1, 0.15) is 5.76 Å². The van der Waals surface area contributed by atoms with Crippen LogP contribution in [-0.2, 0) is 0 Å². The summed E-state index contributed by atoms with van der Waals surface area (Å²) in [6.07, 6.45) is 4.45. The molecule has 0 spiro atoms. The largest absolute Gasteiger partial charge is 0.361 e. The van der Waals surface area contributed by atoms with Gasteiger partial charge in [0.25, 0.3) is 5.91 Å². The molecule has 1 amide bonds. The minimum Gasteiger partial charge on any atom is -0.361 e. The van der Waals surface area contributed by atoms with Crippen molar-refractivity contribution in [2.45, 2.75) is 45.6 Å². The van der Waals surface area contributed by atoms with Crippen molar-refractivity contribution in [2.75, 3.05) is 19.6 Å². The predicted molar refractivity (Wildman–Crippen MR) is 73.1 cm³/mol. The summed E-state index contributed by atoms with van der Waals surface area (Å²) in [5.74, 6) is 0.664. The van der Waals surface area contributed by atoms with E-state index in [0.29, 0.717) is 17.5 Å². The maximum atomic E-state index is 12.4. The number of nitrogens with one attached hydrogen (secondary N) is 1. The van der Waals surface area contributed by atoms with E-state index < -0.39 is 0 Å². The highest BCUT2D eigenvalue weighted by Crippen LogP contribution is 2.12. The molecule has 1 aromatic rings. The number of rotatable bonds is 6. The molecule has 0 bridgehead atoms. The number of carbonyl (C=O) groups is 1. The van der Waals surface area contributed by atoms with Crippen LogP contribution >= 0.6 is 0 Å². The molecule has 1 aliphatic heterocycles. The Kier molecular flexibility index (Phi) is 4.96. The van der Waals surface area contributed by atoms with E-state index in [0.717, 1.165) is 38.9 Å². The number of hydrogen-bond acceptors (Lipinski definition) is 4. The second kappa shape index (κ2) is 6.70. The van der Waals surface area contributed by atoms with Gasteiger partial charge in [-0.3, -0.25) is 4.79 Å². The van der Waals surface area contributed by atoms with Gasteiger partial charge in [-0.15, -0.1) is 0 Å². The van der Waals surface area contributed by atoms with E-state index >= 15 is 0 Å². The number of aryl methyl sites for hydroxylation is 1. The Hall–Kier alpha value is -1.36. The lowest BCUT2D eigenvalue weighted by molar-refractivity contribution is 0.0729. The molecule has 1 unspecified atom stereocenters. The topological polar surface area (TPSA) is 58.4 Å². The molecular weight excluding hydrogens is 242 g/mol. The minimum atomic E-state index is -0.0148. The summed E-state index contributed by atoms with van der Waals surface area (Å²) in [5, 5.41) is 7.27. The van der Waals surface area contributed by atoms with Crippen molar-refractivity contribution in [2.24, 2.45) is 0 Å². The van der Waals surface area contributed by atoms with E-state index in [1.807, 2.05) is 4.90 Å². The zero-order valence-electron chi connectivity index (χ0n) is 11.8. The molecule has 0 saturated carbocycles. The lowest BCUT2D eigenvalue weighted by Crippen LogP contribution is -2.41. The third kappa shape index (κ3) is 3.80. The number of aromatic nitrogens is 1. The molecule has 1 saturated heterocycles. The van der Waals surface area contributed by atoms with E-state index in [2.05, 4.69) is 17.4 Å². The SMILES string of the molecule is CCCCN(CC1CCCN1)C(=O)c1cc(C)on1. The molecular formula is C14H23N3O2. The van der Waals surface area contributed by atoms with Crippen LogP contribution in [0.25, 0.3) is 0 Å². The van der Waals surface area contributed by atoms with Gasteiger partial charge in [0.15, 0.2) is 5.69 Å². The smallest absolute Gasteiger partial charge is 0.276 e. The van der Waals surface area contributed by atoms with Gasteiger partial charge in [0, 0.05) is 25.2 Å². The van der Waals surface area contributed by atoms with Gasteiger partial charge < -0.3 is 14.7 Å². The van der Waals surface area contributed by atoms with Gasteiger partial charge in [-0.1, -0.05) is 18.5 Å². The second-order valence-corrected chi connectivity index (χ2v) is 5.22. The van der Waals surface area contributed by atoms with Crippen LogP contribution in [0.3, 0.4) is 0 Å². The first-order chi connectivity index (χ1) is 9.20. The summed E-state index contributed by atoms with van der Waals surface area (Å²) in [5.41, 5.74) is 0.423. The Bertz CT molecular complexity index is 411. The normalized spacial score (nSPS) is 18.7. The maximum Gasteiger partial charge on any atom is 0.276 e. The number of unbranched alkanes of at least 4 members (excludes halogenated alkanes) is 1. The highest BCUT2D eigenvalue weighted by atomic mass is 16.5. The maximum absolute atomic E-state index is 12.4. The molecule has 106 valence electrons. The summed E-state index contributed by atoms with van der Waals surface area (Å²) in [7, 11) is 0. The Labute approximate surface area is 114 Å². The lowest BCUT2D eigenvalue weighted by atomic mass is 10.2. The molecule has 1 atom stereocenters. The average Bonchev–Trinajstić information content (AvgIpc) is 3.05. The molecule has 1 N–H and O–H groups in total. The highest BCUT2D eigenvalue weighted by molar-refractivity contribution is 5.92. The number of hydrogen-bond donors (Lipinski definition) is 1. The van der Waals surface area contributed by atoms with Crippen LogP contribution in [-0.4, -0.2) is 41.6 Å². The summed E-state index contributed by atoms with van der Waals surface area (Å²) < 4.78 is 5.00. The highest BCUT2D eigenvalue weighted by Gasteiger charge is 2.23. The summed E-state index contributed by atoms with van der Waals surface area (Å²) in [6.45, 7) is 6.56. The van der Waals surface area contributed by atoms with Crippen LogP contribution in [0.5, 0.6) is 0 Å². The van der Waals surface area contributed by atoms with Gasteiger partial charge in [0.05, 0.1) is 0 Å². The fraction of sp³-hybridized carbons (Fsp3) is 0.714. The third-order valence-electron chi connectivity index (χ3n) is 3.52. The molecule has 5 heteroatoms. The van der Waals surface area contributed by atoms with E-state index in [4.69, 9.17) is 4.52 Å². The fourth-order valence-electron chi connectivity index (χ4n) is 2.43. The summed E-state index contributed by atoms with van der Waals surface area (Å²) in [6, 6.07) is 2.14. The van der Waals surface area contributed by atoms with Crippen LogP contribution in [0.2, 0.25) is 0 Å². The fourth-order valence-corrected chi connectivity index (χ4v) is 2.43. The van der Waals surface area contributed by atoms with Crippen molar-refractivity contribution in [3.8, 4) is 0 Å². The van der Waals surface area contributed by atoms with Crippen LogP contribution in [0, 0.1) is 6.92 Å². The van der Waals surface area contributed by atoms with Gasteiger partial charge >= 0.3 is 0 Å². The van der Waals surface area contributed by atoms with Crippen molar-refractivity contribution < 1.29 is 9.32 Å². The summed E-state index contributed by atoms with van der Waals surface area (Å²) >= 11 is 0. The monoisotopic (exact) mass is 265 g/mol. The number of amides is 1. The van der Waals surface area contributed by atoms with Crippen molar-refractivity contribution in [1.82, 2.24) is 15.4 Å². The molecule has 0 radical (unpaired) electrons. The molecule has 0 aromatic carbocycles. The van der Waals surface area contributed by atoms with E-state index in [-0.39, 0.29) is 5.91 Å². The molecule has 0 aliphatic carbocycles. The van der Waals surface area contributed by atoms with Gasteiger partial charge in [0.2, 0.25) is 0 Å². The van der Waals surface area contributed by atoms with E-state index in [1.165, 1.54) is 6.42 Å². The standard InChI is InChI=1S/C14H23N3O2/c1-3-4-8-17(10-12-6-5-7-15-12)14(18)13-9-11(2)19-16-13/h9,12,15H,3-8,10H2,1-2H3. The second-order valence-electron chi connectivity index (χ2n) is 5.22. The third-order valence-corrected chi connectivity index (χ3v) is 3.52. The molecule has 19 heavy (non-hydrogen) atoms. The van der Waals surface area contributed by atoms with Crippen LogP contribution in [0.1, 0.15) is 48.9 Å². The van der Waals surface area contributed by atoms with Gasteiger partial charge in [-0.25, -0.2) is 0 Å². The molecule has 1 aromatic heterocycles. The summed E-state index contributed by atoms with van der Waals surface area (Å²) in [4.78, 5) is 14.3. The Morgan fingerprint density at radius 3 is 3.05 bits per heavy atom. The number of carbonyl (C=O) groups excluding carboxylic acids is 1. The minimum absolute atomic E-state index is 0.0148. The zero-order chi connectivity index (χ0) is 13.7. The quantitative estimate of drug-likeness (QED) is 0.854. The molecule has 2 heterocycles. The lowest BCUT2D eigenvalue weighted by Gasteiger charge is -2.25. The first-order valence-electron chi connectivity index (χ1n) is 7.16. The van der Waals surface area contributed by atoms with Crippen molar-refractivity contribution in [3.05, 3.63) is 17.5 Å². The van der Waals surface area contributed by atoms with Gasteiger partial charge in [-0.2, -0.15) is 0 Å². The van der Waals surface area contributed by atoms with E-state index in [1.54, 1.807) is 13.0 Å². The first-order valence-corrected chi connectivity index (χ1v) is 7.16. The van der Waals surface area contributed by atoms with Crippen molar-refractivity contribution in [3.63, 3.8) is 0 Å².